The van der Waals surface area contributed by atoms with E-state index in [-0.39, 0.29) is 11.8 Å². The molecule has 0 bridgehead atoms. The number of esters is 1. The number of amides is 2. The summed E-state index contributed by atoms with van der Waals surface area (Å²) in [7, 11) is 1.30. The second kappa shape index (κ2) is 8.96. The lowest BCUT2D eigenvalue weighted by Crippen LogP contribution is -2.36. The van der Waals surface area contributed by atoms with Gasteiger partial charge in [-0.15, -0.1) is 11.3 Å². The van der Waals surface area contributed by atoms with Crippen LogP contribution in [0, 0.1) is 0 Å². The highest BCUT2D eigenvalue weighted by molar-refractivity contribution is 7.12. The monoisotopic (exact) mass is 394 g/mol. The summed E-state index contributed by atoms with van der Waals surface area (Å²) >= 11 is 1.30. The lowest BCUT2D eigenvalue weighted by Gasteiger charge is -2.18. The Morgan fingerprint density at radius 3 is 2.25 bits per heavy atom. The summed E-state index contributed by atoms with van der Waals surface area (Å²) in [5.41, 5.74) is 1.55. The molecular weight excluding hydrogens is 376 g/mol. The van der Waals surface area contributed by atoms with E-state index in [1.807, 2.05) is 6.07 Å². The molecule has 28 heavy (non-hydrogen) atoms. The van der Waals surface area contributed by atoms with Crippen LogP contribution in [0.1, 0.15) is 31.6 Å². The van der Waals surface area contributed by atoms with E-state index in [1.165, 1.54) is 18.4 Å². The van der Waals surface area contributed by atoms with E-state index in [2.05, 4.69) is 15.4 Å². The van der Waals surface area contributed by atoms with Gasteiger partial charge in [0.25, 0.3) is 11.8 Å². The Morgan fingerprint density at radius 1 is 0.929 bits per heavy atom. The van der Waals surface area contributed by atoms with Gasteiger partial charge in [0.1, 0.15) is 6.04 Å². The summed E-state index contributed by atoms with van der Waals surface area (Å²) in [6.45, 7) is 0. The highest BCUT2D eigenvalue weighted by Gasteiger charge is 2.24. The molecule has 0 aliphatic heterocycles. The Hall–Kier alpha value is -3.45. The molecule has 2 aromatic carbocycles. The minimum Gasteiger partial charge on any atom is -0.465 e. The molecule has 2 N–H and O–H groups in total. The standard InChI is InChI=1S/C21H18N2O4S/c1-27-21(26)15-9-11-16(12-10-15)22-20(25)18(14-6-3-2-4-7-14)23-19(24)17-8-5-13-28-17/h2-13,18H,1H3,(H,22,25)(H,23,24). The van der Waals surface area contributed by atoms with Crippen LogP contribution in [0.25, 0.3) is 0 Å². The van der Waals surface area contributed by atoms with Crippen LogP contribution in [0.3, 0.4) is 0 Å². The first-order valence-corrected chi connectivity index (χ1v) is 9.35. The van der Waals surface area contributed by atoms with Gasteiger partial charge in [0.15, 0.2) is 0 Å². The van der Waals surface area contributed by atoms with Crippen LogP contribution in [0.2, 0.25) is 0 Å². The average molecular weight is 394 g/mol. The van der Waals surface area contributed by atoms with Crippen molar-refractivity contribution in [1.29, 1.82) is 0 Å². The third kappa shape index (κ3) is 4.63. The van der Waals surface area contributed by atoms with Crippen molar-refractivity contribution in [2.45, 2.75) is 6.04 Å². The zero-order chi connectivity index (χ0) is 19.9. The van der Waals surface area contributed by atoms with Gasteiger partial charge in [-0.2, -0.15) is 0 Å². The highest BCUT2D eigenvalue weighted by Crippen LogP contribution is 2.19. The number of rotatable bonds is 6. The van der Waals surface area contributed by atoms with Crippen LogP contribution in [-0.4, -0.2) is 24.9 Å². The van der Waals surface area contributed by atoms with E-state index in [4.69, 9.17) is 0 Å². The molecule has 7 heteroatoms. The maximum Gasteiger partial charge on any atom is 0.337 e. The number of hydrogen-bond donors (Lipinski definition) is 2. The number of thiophene rings is 1. The van der Waals surface area contributed by atoms with Crippen molar-refractivity contribution in [2.24, 2.45) is 0 Å². The van der Waals surface area contributed by atoms with E-state index in [1.54, 1.807) is 66.0 Å². The summed E-state index contributed by atoms with van der Waals surface area (Å²) in [6, 6.07) is 17.9. The van der Waals surface area contributed by atoms with E-state index >= 15 is 0 Å². The zero-order valence-electron chi connectivity index (χ0n) is 15.0. The second-order valence-corrected chi connectivity index (χ2v) is 6.80. The fourth-order valence-corrected chi connectivity index (χ4v) is 3.20. The summed E-state index contributed by atoms with van der Waals surface area (Å²) < 4.78 is 4.66. The lowest BCUT2D eigenvalue weighted by atomic mass is 10.1. The number of ether oxygens (including phenoxy) is 1. The Labute approximate surface area is 166 Å². The summed E-state index contributed by atoms with van der Waals surface area (Å²) in [4.78, 5) is 37.4. The van der Waals surface area contributed by atoms with Gasteiger partial charge >= 0.3 is 5.97 Å². The molecule has 0 fully saturated rings. The average Bonchev–Trinajstić information content (AvgIpc) is 3.27. The van der Waals surface area contributed by atoms with Crippen molar-refractivity contribution in [1.82, 2.24) is 5.32 Å². The molecule has 142 valence electrons. The highest BCUT2D eigenvalue weighted by atomic mass is 32.1. The van der Waals surface area contributed by atoms with Crippen LogP contribution >= 0.6 is 11.3 Å². The quantitative estimate of drug-likeness (QED) is 0.625. The summed E-state index contributed by atoms with van der Waals surface area (Å²) in [6.07, 6.45) is 0. The van der Waals surface area contributed by atoms with Gasteiger partial charge in [-0.05, 0) is 41.3 Å². The van der Waals surface area contributed by atoms with Crippen molar-refractivity contribution in [3.05, 3.63) is 88.1 Å². The van der Waals surface area contributed by atoms with Crippen LogP contribution < -0.4 is 10.6 Å². The molecule has 0 aliphatic carbocycles. The molecule has 2 amide bonds. The van der Waals surface area contributed by atoms with E-state index in [0.717, 1.165) is 0 Å². The van der Waals surface area contributed by atoms with Crippen molar-refractivity contribution in [3.63, 3.8) is 0 Å². The van der Waals surface area contributed by atoms with Gasteiger partial charge in [0, 0.05) is 5.69 Å². The Balaban J connectivity index is 1.78. The third-order valence-electron chi connectivity index (χ3n) is 3.99. The number of benzene rings is 2. The molecule has 1 unspecified atom stereocenters. The fraction of sp³-hybridized carbons (Fsp3) is 0.0952. The minimum atomic E-state index is -0.865. The molecule has 6 nitrogen and oxygen atoms in total. The summed E-state index contributed by atoms with van der Waals surface area (Å²) in [5.74, 6) is -1.16. The first-order valence-electron chi connectivity index (χ1n) is 8.47. The van der Waals surface area contributed by atoms with Crippen LogP contribution in [0.5, 0.6) is 0 Å². The largest absolute Gasteiger partial charge is 0.465 e. The number of carbonyl (C=O) groups is 3. The molecule has 0 radical (unpaired) electrons. The van der Waals surface area contributed by atoms with Crippen molar-refractivity contribution in [2.75, 3.05) is 12.4 Å². The molecule has 1 aromatic heterocycles. The maximum absolute atomic E-state index is 12.9. The van der Waals surface area contributed by atoms with Gasteiger partial charge in [-0.3, -0.25) is 9.59 Å². The molecule has 1 atom stereocenters. The number of anilines is 1. The Kier molecular flexibility index (Phi) is 6.18. The molecular formula is C21H18N2O4S. The van der Waals surface area contributed by atoms with Gasteiger partial charge < -0.3 is 15.4 Å². The van der Waals surface area contributed by atoms with E-state index < -0.39 is 12.0 Å². The molecule has 0 aliphatic rings. The number of carbonyl (C=O) groups excluding carboxylic acids is 3. The van der Waals surface area contributed by atoms with Gasteiger partial charge in [-0.1, -0.05) is 36.4 Å². The normalized spacial score (nSPS) is 11.3. The second-order valence-electron chi connectivity index (χ2n) is 5.85. The van der Waals surface area contributed by atoms with Gasteiger partial charge in [0.05, 0.1) is 17.6 Å². The molecule has 3 aromatic rings. The van der Waals surface area contributed by atoms with Crippen LogP contribution in [0.15, 0.2) is 72.1 Å². The smallest absolute Gasteiger partial charge is 0.337 e. The Morgan fingerprint density at radius 2 is 1.64 bits per heavy atom. The van der Waals surface area contributed by atoms with E-state index in [0.29, 0.717) is 21.7 Å². The zero-order valence-corrected chi connectivity index (χ0v) is 15.9. The summed E-state index contributed by atoms with van der Waals surface area (Å²) in [5, 5.41) is 7.35. The number of methoxy groups -OCH3 is 1. The van der Waals surface area contributed by atoms with Crippen LogP contribution in [0.4, 0.5) is 5.69 Å². The first-order chi connectivity index (χ1) is 13.6. The Bertz CT molecular complexity index is 954. The number of hydrogen-bond acceptors (Lipinski definition) is 5. The topological polar surface area (TPSA) is 84.5 Å². The van der Waals surface area contributed by atoms with E-state index in [9.17, 15) is 14.4 Å². The fourth-order valence-electron chi connectivity index (χ4n) is 2.58. The SMILES string of the molecule is COC(=O)c1ccc(NC(=O)C(NC(=O)c2cccs2)c2ccccc2)cc1. The molecule has 0 saturated heterocycles. The molecule has 0 saturated carbocycles. The van der Waals surface area contributed by atoms with Gasteiger partial charge in [0.2, 0.25) is 0 Å². The first kappa shape index (κ1) is 19.3. The lowest BCUT2D eigenvalue weighted by molar-refractivity contribution is -0.118. The van der Waals surface area contributed by atoms with Crippen molar-refractivity contribution < 1.29 is 19.1 Å². The van der Waals surface area contributed by atoms with Crippen molar-refractivity contribution >= 4 is 34.8 Å². The van der Waals surface area contributed by atoms with Gasteiger partial charge in [-0.25, -0.2) is 4.79 Å². The van der Waals surface area contributed by atoms with Crippen molar-refractivity contribution in [3.8, 4) is 0 Å². The maximum atomic E-state index is 12.9. The molecule has 1 heterocycles. The number of nitrogens with one attached hydrogen (secondary N) is 2. The van der Waals surface area contributed by atoms with Crippen LogP contribution in [-0.2, 0) is 9.53 Å². The minimum absolute atomic E-state index is 0.319. The third-order valence-corrected chi connectivity index (χ3v) is 4.86. The molecule has 3 rings (SSSR count). The molecule has 0 spiro atoms. The predicted octanol–water partition coefficient (Wildman–Crippen LogP) is 3.64. The predicted molar refractivity (Wildman–Crippen MR) is 107 cm³/mol.